The molecule has 15 heteroatoms. The van der Waals surface area contributed by atoms with Crippen LogP contribution in [0.25, 0.3) is 0 Å². The number of amides is 2. The van der Waals surface area contributed by atoms with Gasteiger partial charge in [-0.15, -0.1) is 11.8 Å². The van der Waals surface area contributed by atoms with Gasteiger partial charge in [-0.2, -0.15) is 0 Å². The third-order valence-electron chi connectivity index (χ3n) is 11.2. The lowest BCUT2D eigenvalue weighted by molar-refractivity contribution is -0.141. The number of carbonyl (C=O) groups excluding carboxylic acids is 3. The van der Waals surface area contributed by atoms with E-state index in [1.165, 1.54) is 38.5 Å². The van der Waals surface area contributed by atoms with Crippen molar-refractivity contribution in [3.63, 3.8) is 0 Å². The quantitative estimate of drug-likeness (QED) is 0.0411. The zero-order valence-electron chi connectivity index (χ0n) is 35.9. The van der Waals surface area contributed by atoms with E-state index in [1.807, 2.05) is 20.8 Å². The average Bonchev–Trinajstić information content (AvgIpc) is 3.14. The summed E-state index contributed by atoms with van der Waals surface area (Å²) in [7, 11) is 0. The molecule has 0 aliphatic carbocycles. The van der Waals surface area contributed by atoms with Gasteiger partial charge in [-0.25, -0.2) is 0 Å². The second-order valence-corrected chi connectivity index (χ2v) is 18.2. The van der Waals surface area contributed by atoms with E-state index in [4.69, 9.17) is 25.4 Å². The summed E-state index contributed by atoms with van der Waals surface area (Å²) in [5.74, 6) is -3.45. The molecule has 2 amide bonds. The van der Waals surface area contributed by atoms with Gasteiger partial charge in [0.25, 0.3) is 0 Å². The molecule has 1 aromatic rings. The van der Waals surface area contributed by atoms with Crippen LogP contribution in [0.1, 0.15) is 140 Å². The summed E-state index contributed by atoms with van der Waals surface area (Å²) < 4.78 is 12.7. The number of thioether (sulfide) groups is 1. The first-order chi connectivity index (χ1) is 27.1. The van der Waals surface area contributed by atoms with E-state index < -0.39 is 66.0 Å². The van der Waals surface area contributed by atoms with Crippen molar-refractivity contribution in [2.24, 2.45) is 23.5 Å². The van der Waals surface area contributed by atoms with E-state index >= 15 is 0 Å². The zero-order chi connectivity index (χ0) is 43.7. The molecule has 1 aliphatic rings. The molecular weight excluding hydrogens is 767 g/mol. The number of benzene rings is 1. The molecule has 0 radical (unpaired) electrons. The van der Waals surface area contributed by atoms with Gasteiger partial charge < -0.3 is 41.2 Å². The molecule has 58 heavy (non-hydrogen) atoms. The third-order valence-corrected chi connectivity index (χ3v) is 12.5. The number of nitrogens with one attached hydrogen (secondary N) is 2. The van der Waals surface area contributed by atoms with E-state index in [2.05, 4.69) is 45.3 Å². The first-order valence-corrected chi connectivity index (χ1v) is 21.8. The molecule has 0 saturated heterocycles. The molecule has 1 aliphatic heterocycles. The number of aliphatic carboxylic acids is 3. The topological polar surface area (TPSA) is 232 Å². The number of hydrogen-bond donors (Lipinski definition) is 6. The summed E-state index contributed by atoms with van der Waals surface area (Å²) in [5.41, 5.74) is 8.29. The standard InChI is InChI=1S/C43H69N3O11S/c1-25(2)12-9-13-26(3)14-10-15-27(4)16-11-20-43(8)21-19-31-30(7)38(28(5)29(6)39(31)57-43)56-42(55)34(22-36(48)49)58-24-33(40(52)45-23-37(50)51)46-35(47)18-17-32(44)41(53)54/h25-27,32-34H,9-24,44H2,1-8H3,(H,45,52)(H,46,47)(H,48,49)(H,50,51)(H,53,54)/t26?,27?,32-,33-,34?,43?/m0/s1. The van der Waals surface area contributed by atoms with E-state index in [0.717, 1.165) is 71.7 Å². The largest absolute Gasteiger partial charge is 0.487 e. The average molecular weight is 836 g/mol. The monoisotopic (exact) mass is 835 g/mol. The van der Waals surface area contributed by atoms with Crippen molar-refractivity contribution in [1.82, 2.24) is 10.6 Å². The lowest BCUT2D eigenvalue weighted by atomic mass is 9.83. The van der Waals surface area contributed by atoms with Crippen LogP contribution in [0.15, 0.2) is 0 Å². The van der Waals surface area contributed by atoms with Crippen LogP contribution in [0, 0.1) is 38.5 Å². The van der Waals surface area contributed by atoms with Crippen molar-refractivity contribution in [3.05, 3.63) is 22.3 Å². The van der Waals surface area contributed by atoms with Crippen LogP contribution in [-0.4, -0.2) is 86.2 Å². The first-order valence-electron chi connectivity index (χ1n) is 20.8. The van der Waals surface area contributed by atoms with Crippen molar-refractivity contribution in [2.75, 3.05) is 12.3 Å². The molecule has 0 saturated carbocycles. The molecule has 1 heterocycles. The Labute approximate surface area is 348 Å². The Morgan fingerprint density at radius 1 is 0.845 bits per heavy atom. The highest BCUT2D eigenvalue weighted by atomic mass is 32.2. The van der Waals surface area contributed by atoms with E-state index in [-0.39, 0.29) is 24.2 Å². The first kappa shape index (κ1) is 50.3. The Morgan fingerprint density at radius 3 is 2.02 bits per heavy atom. The van der Waals surface area contributed by atoms with Gasteiger partial charge in [-0.1, -0.05) is 72.6 Å². The normalized spacial score (nSPS) is 17.6. The lowest BCUT2D eigenvalue weighted by Gasteiger charge is -2.38. The van der Waals surface area contributed by atoms with Crippen LogP contribution >= 0.6 is 11.8 Å². The van der Waals surface area contributed by atoms with Gasteiger partial charge in [0.2, 0.25) is 11.8 Å². The second-order valence-electron chi connectivity index (χ2n) is 17.0. The number of rotatable bonds is 27. The Morgan fingerprint density at radius 2 is 1.45 bits per heavy atom. The van der Waals surface area contributed by atoms with Crippen LogP contribution < -0.4 is 25.8 Å². The van der Waals surface area contributed by atoms with Crippen LogP contribution in [0.4, 0.5) is 0 Å². The maximum Gasteiger partial charge on any atom is 0.325 e. The van der Waals surface area contributed by atoms with E-state index in [1.54, 1.807) is 0 Å². The predicted octanol–water partition coefficient (Wildman–Crippen LogP) is 6.49. The summed E-state index contributed by atoms with van der Waals surface area (Å²) >= 11 is 0.760. The number of fused-ring (bicyclic) bond motifs is 1. The van der Waals surface area contributed by atoms with Crippen LogP contribution in [0.2, 0.25) is 0 Å². The Balaban J connectivity index is 2.11. The molecule has 7 N–H and O–H groups in total. The molecule has 4 unspecified atom stereocenters. The summed E-state index contributed by atoms with van der Waals surface area (Å²) in [6, 6.07) is -2.70. The number of carboxylic acid groups (broad SMARTS) is 3. The number of nitrogens with two attached hydrogens (primary N) is 1. The fourth-order valence-corrected chi connectivity index (χ4v) is 8.41. The molecule has 0 bridgehead atoms. The molecule has 14 nitrogen and oxygen atoms in total. The van der Waals surface area contributed by atoms with Crippen molar-refractivity contribution < 1.29 is 53.6 Å². The summed E-state index contributed by atoms with van der Waals surface area (Å²) in [6.45, 7) is 16.3. The van der Waals surface area contributed by atoms with Crippen LogP contribution in [0.3, 0.4) is 0 Å². The van der Waals surface area contributed by atoms with Crippen molar-refractivity contribution in [2.45, 2.75) is 168 Å². The molecule has 0 aromatic heterocycles. The number of hydrogen-bond acceptors (Lipinski definition) is 10. The van der Waals surface area contributed by atoms with E-state index in [0.29, 0.717) is 23.7 Å². The second kappa shape index (κ2) is 24.3. The zero-order valence-corrected chi connectivity index (χ0v) is 36.7. The Bertz CT molecular complexity index is 1580. The fraction of sp³-hybridized carbons (Fsp3) is 0.721. The minimum atomic E-state index is -1.38. The highest BCUT2D eigenvalue weighted by molar-refractivity contribution is 8.00. The van der Waals surface area contributed by atoms with Gasteiger partial charge in [0.05, 0.1) is 6.42 Å². The molecule has 1 aromatic carbocycles. The fourth-order valence-electron chi connectivity index (χ4n) is 7.31. The molecule has 328 valence electrons. The third kappa shape index (κ3) is 17.2. The lowest BCUT2D eigenvalue weighted by Crippen LogP contribution is -2.50. The van der Waals surface area contributed by atoms with Crippen molar-refractivity contribution in [1.29, 1.82) is 0 Å². The van der Waals surface area contributed by atoms with Crippen molar-refractivity contribution in [3.8, 4) is 11.5 Å². The van der Waals surface area contributed by atoms with Crippen molar-refractivity contribution >= 4 is 47.5 Å². The van der Waals surface area contributed by atoms with Gasteiger partial charge >= 0.3 is 23.9 Å². The summed E-state index contributed by atoms with van der Waals surface area (Å²) in [4.78, 5) is 73.1. The number of ether oxygens (including phenoxy) is 2. The van der Waals surface area contributed by atoms with Gasteiger partial charge in [-0.05, 0) is 94.2 Å². The number of esters is 1. The summed E-state index contributed by atoms with van der Waals surface area (Å²) in [5, 5.41) is 31.0. The predicted molar refractivity (Wildman–Crippen MR) is 224 cm³/mol. The highest BCUT2D eigenvalue weighted by Crippen LogP contribution is 2.45. The smallest absolute Gasteiger partial charge is 0.325 e. The SMILES string of the molecule is Cc1c(C)c2c(c(C)c1OC(=O)C(CC(=O)O)SC[C@H](NC(=O)CC[C@H](N)C(=O)O)C(=O)NCC(=O)O)CCC(C)(CCCC(C)CCCC(C)CCCC(C)C)O2. The van der Waals surface area contributed by atoms with Crippen LogP contribution in [0.5, 0.6) is 11.5 Å². The van der Waals surface area contributed by atoms with Gasteiger partial charge in [0, 0.05) is 17.7 Å². The maximum absolute atomic E-state index is 13.7. The minimum absolute atomic E-state index is 0.229. The maximum atomic E-state index is 13.7. The van der Waals surface area contributed by atoms with Gasteiger partial charge in [0.15, 0.2) is 0 Å². The molecule has 0 spiro atoms. The Hall–Kier alpha value is -3.85. The molecule has 0 fully saturated rings. The summed E-state index contributed by atoms with van der Waals surface area (Å²) in [6.07, 6.45) is 11.1. The van der Waals surface area contributed by atoms with Gasteiger partial charge in [0.1, 0.15) is 41.0 Å². The number of carboxylic acids is 3. The Kier molecular flexibility index (Phi) is 21.1. The van der Waals surface area contributed by atoms with Gasteiger partial charge in [-0.3, -0.25) is 28.8 Å². The minimum Gasteiger partial charge on any atom is -0.487 e. The number of carbonyl (C=O) groups is 6. The van der Waals surface area contributed by atoms with E-state index in [9.17, 15) is 33.9 Å². The molecule has 2 rings (SSSR count). The van der Waals surface area contributed by atoms with Crippen LogP contribution in [-0.2, 0) is 35.2 Å². The molecule has 6 atom stereocenters. The molecular formula is C43H69N3O11S. The highest BCUT2D eigenvalue weighted by Gasteiger charge is 2.36.